The van der Waals surface area contributed by atoms with E-state index in [-0.39, 0.29) is 29.3 Å². The van der Waals surface area contributed by atoms with Crippen LogP contribution in [-0.2, 0) is 14.8 Å². The number of carbonyl (C=O) groups excluding carboxylic acids is 1. The highest BCUT2D eigenvalue weighted by Gasteiger charge is 2.34. The van der Waals surface area contributed by atoms with Gasteiger partial charge in [-0.25, -0.2) is 8.42 Å². The van der Waals surface area contributed by atoms with Gasteiger partial charge in [0.1, 0.15) is 0 Å². The van der Waals surface area contributed by atoms with Gasteiger partial charge in [0.15, 0.2) is 0 Å². The maximum Gasteiger partial charge on any atom is 0.243 e. The molecule has 0 bridgehead atoms. The largest absolute Gasteiger partial charge is 0.349 e. The molecule has 0 aliphatic carbocycles. The Morgan fingerprint density at radius 2 is 1.67 bits per heavy atom. The Labute approximate surface area is 196 Å². The van der Waals surface area contributed by atoms with E-state index in [1.54, 1.807) is 12.1 Å². The number of carbonyl (C=O) groups is 1. The molecule has 2 atom stereocenters. The summed E-state index contributed by atoms with van der Waals surface area (Å²) in [5.41, 5.74) is 4.68. The molecule has 1 amide bonds. The summed E-state index contributed by atoms with van der Waals surface area (Å²) in [5, 5.41) is 5.02. The third-order valence-corrected chi connectivity index (χ3v) is 8.68. The van der Waals surface area contributed by atoms with Crippen LogP contribution in [0.3, 0.4) is 0 Å². The number of nitrogens with one attached hydrogen (secondary N) is 1. The fourth-order valence-corrected chi connectivity index (χ4v) is 6.27. The summed E-state index contributed by atoms with van der Waals surface area (Å²) >= 11 is 0. The molecule has 0 radical (unpaired) electrons. The van der Waals surface area contributed by atoms with Gasteiger partial charge in [0.25, 0.3) is 0 Å². The number of amides is 1. The maximum atomic E-state index is 13.4. The number of hydrogen-bond acceptors (Lipinski definition) is 3. The Balaban J connectivity index is 1.49. The van der Waals surface area contributed by atoms with Gasteiger partial charge in [0.2, 0.25) is 15.9 Å². The number of piperidine rings is 1. The minimum absolute atomic E-state index is 0.0847. The van der Waals surface area contributed by atoms with E-state index in [1.807, 2.05) is 37.3 Å². The topological polar surface area (TPSA) is 66.5 Å². The van der Waals surface area contributed by atoms with Crippen molar-refractivity contribution in [2.75, 3.05) is 13.1 Å². The molecule has 1 saturated heterocycles. The zero-order valence-electron chi connectivity index (χ0n) is 19.8. The van der Waals surface area contributed by atoms with E-state index in [2.05, 4.69) is 38.2 Å². The quantitative estimate of drug-likeness (QED) is 0.575. The van der Waals surface area contributed by atoms with Gasteiger partial charge >= 0.3 is 0 Å². The van der Waals surface area contributed by atoms with Gasteiger partial charge in [-0.15, -0.1) is 0 Å². The number of aryl methyl sites for hydroxylation is 3. The van der Waals surface area contributed by atoms with Crippen LogP contribution in [0.5, 0.6) is 0 Å². The first kappa shape index (κ1) is 23.5. The minimum atomic E-state index is -3.66. The first-order valence-corrected chi connectivity index (χ1v) is 13.0. The summed E-state index contributed by atoms with van der Waals surface area (Å²) < 4.78 is 28.2. The first-order chi connectivity index (χ1) is 15.7. The van der Waals surface area contributed by atoms with E-state index in [4.69, 9.17) is 0 Å². The minimum Gasteiger partial charge on any atom is -0.349 e. The fourth-order valence-electron chi connectivity index (χ4n) is 4.71. The van der Waals surface area contributed by atoms with E-state index in [9.17, 15) is 13.2 Å². The molecule has 174 valence electrons. The number of fused-ring (bicyclic) bond motifs is 1. The van der Waals surface area contributed by atoms with Crippen molar-refractivity contribution in [3.8, 4) is 0 Å². The van der Waals surface area contributed by atoms with Gasteiger partial charge < -0.3 is 5.32 Å². The second-order valence-corrected chi connectivity index (χ2v) is 11.2. The predicted octanol–water partition coefficient (Wildman–Crippen LogP) is 5.04. The third kappa shape index (κ3) is 4.82. The molecular formula is C27H32N2O3S. The van der Waals surface area contributed by atoms with Crippen molar-refractivity contribution in [3.05, 3.63) is 76.9 Å². The molecule has 1 N–H and O–H groups in total. The van der Waals surface area contributed by atoms with Crippen LogP contribution in [0, 0.1) is 26.7 Å². The average Bonchev–Trinajstić information content (AvgIpc) is 2.81. The van der Waals surface area contributed by atoms with Crippen molar-refractivity contribution in [2.45, 2.75) is 51.5 Å². The Kier molecular flexibility index (Phi) is 6.59. The van der Waals surface area contributed by atoms with Crippen molar-refractivity contribution in [1.29, 1.82) is 0 Å². The summed E-state index contributed by atoms with van der Waals surface area (Å²) in [6.07, 6.45) is 1.36. The normalized spacial score (nSPS) is 18.2. The van der Waals surface area contributed by atoms with Crippen LogP contribution in [0.15, 0.2) is 59.5 Å². The fraction of sp³-hybridized carbons (Fsp3) is 0.370. The van der Waals surface area contributed by atoms with Crippen molar-refractivity contribution >= 4 is 26.7 Å². The zero-order chi connectivity index (χ0) is 23.8. The lowest BCUT2D eigenvalue weighted by atomic mass is 9.95. The summed E-state index contributed by atoms with van der Waals surface area (Å²) in [7, 11) is -3.66. The van der Waals surface area contributed by atoms with Crippen molar-refractivity contribution in [3.63, 3.8) is 0 Å². The molecule has 0 saturated carbocycles. The molecule has 3 aromatic carbocycles. The van der Waals surface area contributed by atoms with E-state index in [0.717, 1.165) is 21.9 Å². The van der Waals surface area contributed by atoms with E-state index < -0.39 is 10.0 Å². The summed E-state index contributed by atoms with van der Waals surface area (Å²) in [6, 6.07) is 17.1. The third-order valence-electron chi connectivity index (χ3n) is 6.82. The molecule has 4 rings (SSSR count). The lowest BCUT2D eigenvalue weighted by molar-refractivity contribution is -0.126. The number of rotatable bonds is 5. The van der Waals surface area contributed by atoms with Crippen LogP contribution in [0.1, 0.15) is 48.1 Å². The highest BCUT2D eigenvalue weighted by atomic mass is 32.2. The molecule has 33 heavy (non-hydrogen) atoms. The van der Waals surface area contributed by atoms with Crippen molar-refractivity contribution in [1.82, 2.24) is 9.62 Å². The number of nitrogens with zero attached hydrogens (tertiary/aromatic N) is 1. The van der Waals surface area contributed by atoms with Crippen LogP contribution in [0.4, 0.5) is 0 Å². The number of benzene rings is 3. The van der Waals surface area contributed by atoms with Crippen LogP contribution >= 0.6 is 0 Å². The van der Waals surface area contributed by atoms with Crippen molar-refractivity contribution < 1.29 is 13.2 Å². The molecule has 0 unspecified atom stereocenters. The van der Waals surface area contributed by atoms with Crippen molar-refractivity contribution in [2.24, 2.45) is 5.92 Å². The molecule has 5 nitrogen and oxygen atoms in total. The SMILES string of the molecule is Cc1cc(C)c([C@@H](C)NC(=O)[C@@H]2CCCN(S(=O)(=O)c3ccc4ccccc4c3)C2)cc1C. The van der Waals surface area contributed by atoms with Crippen LogP contribution in [0.25, 0.3) is 10.8 Å². The molecule has 0 spiro atoms. The molecule has 1 aliphatic rings. The van der Waals surface area contributed by atoms with Gasteiger partial charge in [-0.3, -0.25) is 4.79 Å². The lowest BCUT2D eigenvalue weighted by Gasteiger charge is -2.32. The second-order valence-electron chi connectivity index (χ2n) is 9.23. The average molecular weight is 465 g/mol. The Bertz CT molecular complexity index is 1300. The van der Waals surface area contributed by atoms with E-state index in [1.165, 1.54) is 15.4 Å². The first-order valence-electron chi connectivity index (χ1n) is 11.5. The maximum absolute atomic E-state index is 13.4. The standard InChI is InChI=1S/C27H32N2O3S/c1-18-14-20(3)26(15-19(18)2)21(4)28-27(30)24-10-7-13-29(17-24)33(31,32)25-12-11-22-8-5-6-9-23(22)16-25/h5-6,8-9,11-12,14-16,21,24H,7,10,13,17H2,1-4H3,(H,28,30)/t21-,24-/m1/s1. The molecule has 1 fully saturated rings. The Morgan fingerprint density at radius 1 is 0.970 bits per heavy atom. The number of hydrogen-bond donors (Lipinski definition) is 1. The summed E-state index contributed by atoms with van der Waals surface area (Å²) in [5.74, 6) is -0.443. The molecule has 6 heteroatoms. The summed E-state index contributed by atoms with van der Waals surface area (Å²) in [6.45, 7) is 8.85. The zero-order valence-corrected chi connectivity index (χ0v) is 20.6. The van der Waals surface area contributed by atoms with Crippen LogP contribution < -0.4 is 5.32 Å². The van der Waals surface area contributed by atoms with Gasteiger partial charge in [-0.2, -0.15) is 4.31 Å². The highest BCUT2D eigenvalue weighted by molar-refractivity contribution is 7.89. The number of sulfonamides is 1. The predicted molar refractivity (Wildman–Crippen MR) is 133 cm³/mol. The molecule has 1 aliphatic heterocycles. The second kappa shape index (κ2) is 9.27. The van der Waals surface area contributed by atoms with E-state index >= 15 is 0 Å². The van der Waals surface area contributed by atoms with Gasteiger partial charge in [0, 0.05) is 13.1 Å². The Hall–Kier alpha value is -2.70. The monoisotopic (exact) mass is 464 g/mol. The summed E-state index contributed by atoms with van der Waals surface area (Å²) in [4.78, 5) is 13.4. The highest BCUT2D eigenvalue weighted by Crippen LogP contribution is 2.27. The van der Waals surface area contributed by atoms with Crippen LogP contribution in [-0.4, -0.2) is 31.7 Å². The molecule has 1 heterocycles. The van der Waals surface area contributed by atoms with Gasteiger partial charge in [-0.05, 0) is 85.7 Å². The Morgan fingerprint density at radius 3 is 2.42 bits per heavy atom. The molecular weight excluding hydrogens is 432 g/mol. The molecule has 0 aromatic heterocycles. The van der Waals surface area contributed by atoms with Gasteiger partial charge in [-0.1, -0.05) is 42.5 Å². The van der Waals surface area contributed by atoms with Gasteiger partial charge in [0.05, 0.1) is 16.9 Å². The van der Waals surface area contributed by atoms with Crippen LogP contribution in [0.2, 0.25) is 0 Å². The molecule has 3 aromatic rings. The van der Waals surface area contributed by atoms with E-state index in [0.29, 0.717) is 19.4 Å². The smallest absolute Gasteiger partial charge is 0.243 e. The lowest BCUT2D eigenvalue weighted by Crippen LogP contribution is -2.45.